The number of rotatable bonds is 7. The Morgan fingerprint density at radius 2 is 1.47 bits per heavy atom. The van der Waals surface area contributed by atoms with E-state index in [1.165, 1.54) is 6.07 Å². The molecule has 0 aliphatic carbocycles. The zero-order chi connectivity index (χ0) is 22.6. The maximum absolute atomic E-state index is 12.6. The largest absolute Gasteiger partial charge is 0.456 e. The molecule has 0 aliphatic rings. The maximum atomic E-state index is 12.6. The van der Waals surface area contributed by atoms with Crippen LogP contribution in [-0.4, -0.2) is 32.7 Å². The topological polar surface area (TPSA) is 89.5 Å². The number of nitrogens with one attached hydrogen (secondary N) is 1. The molecule has 32 heavy (non-hydrogen) atoms. The fraction of sp³-hybridized carbons (Fsp3) is 0.120. The van der Waals surface area contributed by atoms with Gasteiger partial charge in [-0.3, -0.25) is 9.59 Å². The molecule has 0 unspecified atom stereocenters. The molecule has 0 radical (unpaired) electrons. The van der Waals surface area contributed by atoms with E-state index in [2.05, 4.69) is 5.32 Å². The lowest BCUT2D eigenvalue weighted by atomic mass is 10.1. The zero-order valence-corrected chi connectivity index (χ0v) is 18.0. The lowest BCUT2D eigenvalue weighted by Crippen LogP contribution is -2.22. The predicted molar refractivity (Wildman–Crippen MR) is 124 cm³/mol. The van der Waals surface area contributed by atoms with Crippen LogP contribution in [-0.2, 0) is 24.2 Å². The van der Waals surface area contributed by atoms with E-state index >= 15 is 0 Å². The summed E-state index contributed by atoms with van der Waals surface area (Å²) < 4.78 is 30.2. The van der Waals surface area contributed by atoms with E-state index in [-0.39, 0.29) is 11.3 Å². The molecule has 0 spiro atoms. The van der Waals surface area contributed by atoms with Gasteiger partial charge in [-0.25, -0.2) is 8.42 Å². The summed E-state index contributed by atoms with van der Waals surface area (Å²) >= 11 is 0. The van der Waals surface area contributed by atoms with Gasteiger partial charge in [-0.05, 0) is 34.4 Å². The van der Waals surface area contributed by atoms with Crippen LogP contribution in [0, 0.1) is 0 Å². The SMILES string of the molecule is O=C(COC(=O)CCS(=O)(=O)c1ccc2ccccc2c1)Nc1cccc2ccccc12. The molecular weight excluding hydrogens is 426 g/mol. The van der Waals surface area contributed by atoms with Gasteiger partial charge in [0.2, 0.25) is 0 Å². The van der Waals surface area contributed by atoms with Gasteiger partial charge < -0.3 is 10.1 Å². The van der Waals surface area contributed by atoms with Crippen molar-refractivity contribution in [2.24, 2.45) is 0 Å². The Balaban J connectivity index is 1.31. The van der Waals surface area contributed by atoms with Gasteiger partial charge in [0.25, 0.3) is 5.91 Å². The summed E-state index contributed by atoms with van der Waals surface area (Å²) in [4.78, 5) is 24.4. The van der Waals surface area contributed by atoms with Crippen LogP contribution in [0.4, 0.5) is 5.69 Å². The molecule has 0 atom stereocenters. The molecule has 1 amide bonds. The molecule has 0 saturated carbocycles. The highest BCUT2D eigenvalue weighted by Crippen LogP contribution is 2.23. The molecule has 1 N–H and O–H groups in total. The molecule has 4 rings (SSSR count). The molecule has 0 fully saturated rings. The summed E-state index contributed by atoms with van der Waals surface area (Å²) in [5.74, 6) is -1.63. The van der Waals surface area contributed by atoms with Crippen LogP contribution in [0.1, 0.15) is 6.42 Å². The van der Waals surface area contributed by atoms with E-state index in [1.54, 1.807) is 18.2 Å². The Kier molecular flexibility index (Phi) is 6.18. The van der Waals surface area contributed by atoms with Crippen LogP contribution in [0.2, 0.25) is 0 Å². The Hall–Kier alpha value is -3.71. The van der Waals surface area contributed by atoms with Crippen molar-refractivity contribution in [1.29, 1.82) is 0 Å². The Morgan fingerprint density at radius 1 is 0.781 bits per heavy atom. The van der Waals surface area contributed by atoms with Crippen molar-refractivity contribution >= 4 is 48.9 Å². The first-order valence-corrected chi connectivity index (χ1v) is 11.7. The highest BCUT2D eigenvalue weighted by molar-refractivity contribution is 7.91. The van der Waals surface area contributed by atoms with Gasteiger partial charge in [0.05, 0.1) is 17.1 Å². The summed E-state index contributed by atoms with van der Waals surface area (Å²) in [6.45, 7) is -0.488. The molecular formula is C25H21NO5S. The van der Waals surface area contributed by atoms with E-state index in [9.17, 15) is 18.0 Å². The predicted octanol–water partition coefficient (Wildman–Crippen LogP) is 4.34. The lowest BCUT2D eigenvalue weighted by molar-refractivity contribution is -0.146. The van der Waals surface area contributed by atoms with Crippen molar-refractivity contribution < 1.29 is 22.7 Å². The molecule has 0 bridgehead atoms. The van der Waals surface area contributed by atoms with Crippen molar-refractivity contribution in [2.45, 2.75) is 11.3 Å². The van der Waals surface area contributed by atoms with Crippen LogP contribution in [0.25, 0.3) is 21.5 Å². The van der Waals surface area contributed by atoms with E-state index in [0.29, 0.717) is 5.69 Å². The average molecular weight is 448 g/mol. The zero-order valence-electron chi connectivity index (χ0n) is 17.2. The summed E-state index contributed by atoms with van der Waals surface area (Å²) in [5.41, 5.74) is 0.614. The van der Waals surface area contributed by atoms with Crippen LogP contribution in [0.3, 0.4) is 0 Å². The molecule has 4 aromatic rings. The number of hydrogen-bond acceptors (Lipinski definition) is 5. The Bertz CT molecular complexity index is 1410. The fourth-order valence-electron chi connectivity index (χ4n) is 3.44. The van der Waals surface area contributed by atoms with Gasteiger partial charge in [0.15, 0.2) is 16.4 Å². The third-order valence-electron chi connectivity index (χ3n) is 5.08. The van der Waals surface area contributed by atoms with Crippen LogP contribution < -0.4 is 5.32 Å². The standard InChI is InChI=1S/C25H21NO5S/c27-24(26-23-11-5-9-19-7-3-4-10-22(19)23)17-31-25(28)14-15-32(29,30)21-13-12-18-6-1-2-8-20(18)16-21/h1-13,16H,14-15,17H2,(H,26,27). The molecule has 0 aromatic heterocycles. The second-order valence-corrected chi connectivity index (χ2v) is 9.42. The number of sulfone groups is 1. The van der Waals surface area contributed by atoms with E-state index in [0.717, 1.165) is 21.5 Å². The van der Waals surface area contributed by atoms with Crippen molar-refractivity contribution in [3.05, 3.63) is 84.9 Å². The van der Waals surface area contributed by atoms with Crippen molar-refractivity contribution in [1.82, 2.24) is 0 Å². The molecule has 162 valence electrons. The van der Waals surface area contributed by atoms with Crippen LogP contribution in [0.5, 0.6) is 0 Å². The van der Waals surface area contributed by atoms with Crippen LogP contribution in [0.15, 0.2) is 89.8 Å². The van der Waals surface area contributed by atoms with Crippen molar-refractivity contribution in [3.63, 3.8) is 0 Å². The van der Waals surface area contributed by atoms with Gasteiger partial charge in [-0.1, -0.05) is 66.7 Å². The van der Waals surface area contributed by atoms with Gasteiger partial charge >= 0.3 is 5.97 Å². The van der Waals surface area contributed by atoms with E-state index < -0.39 is 34.1 Å². The van der Waals surface area contributed by atoms with Gasteiger partial charge in [0.1, 0.15) is 0 Å². The van der Waals surface area contributed by atoms with Gasteiger partial charge in [0, 0.05) is 11.1 Å². The second-order valence-electron chi connectivity index (χ2n) is 7.31. The minimum Gasteiger partial charge on any atom is -0.456 e. The first kappa shape index (κ1) is 21.5. The quantitative estimate of drug-likeness (QED) is 0.426. The van der Waals surface area contributed by atoms with Crippen molar-refractivity contribution in [3.8, 4) is 0 Å². The number of carbonyl (C=O) groups is 2. The average Bonchev–Trinajstić information content (AvgIpc) is 2.81. The summed E-state index contributed by atoms with van der Waals surface area (Å²) in [5, 5.41) is 6.31. The monoisotopic (exact) mass is 447 g/mol. The van der Waals surface area contributed by atoms with Crippen LogP contribution >= 0.6 is 0 Å². The minimum absolute atomic E-state index is 0.151. The molecule has 0 heterocycles. The normalized spacial score (nSPS) is 11.4. The fourth-order valence-corrected chi connectivity index (χ4v) is 4.69. The molecule has 4 aromatic carbocycles. The van der Waals surface area contributed by atoms with Gasteiger partial charge in [-0.2, -0.15) is 0 Å². The Labute approximate surface area is 185 Å². The molecule has 7 heteroatoms. The molecule has 0 saturated heterocycles. The highest BCUT2D eigenvalue weighted by atomic mass is 32.2. The summed E-state index contributed by atoms with van der Waals surface area (Å²) in [6, 6.07) is 25.4. The summed E-state index contributed by atoms with van der Waals surface area (Å²) in [7, 11) is -3.66. The molecule has 6 nitrogen and oxygen atoms in total. The van der Waals surface area contributed by atoms with Gasteiger partial charge in [-0.15, -0.1) is 0 Å². The Morgan fingerprint density at radius 3 is 2.28 bits per heavy atom. The maximum Gasteiger partial charge on any atom is 0.307 e. The third kappa shape index (κ3) is 4.95. The lowest BCUT2D eigenvalue weighted by Gasteiger charge is -2.09. The number of benzene rings is 4. The van der Waals surface area contributed by atoms with E-state index in [4.69, 9.17) is 4.74 Å². The molecule has 0 aliphatic heterocycles. The van der Waals surface area contributed by atoms with E-state index in [1.807, 2.05) is 60.7 Å². The summed E-state index contributed by atoms with van der Waals surface area (Å²) in [6.07, 6.45) is -0.337. The number of anilines is 1. The first-order chi connectivity index (χ1) is 15.4. The third-order valence-corrected chi connectivity index (χ3v) is 6.80. The number of carbonyl (C=O) groups excluding carboxylic acids is 2. The number of amides is 1. The number of ether oxygens (including phenoxy) is 1. The highest BCUT2D eigenvalue weighted by Gasteiger charge is 2.18. The number of fused-ring (bicyclic) bond motifs is 2. The number of esters is 1. The second kappa shape index (κ2) is 9.20. The smallest absolute Gasteiger partial charge is 0.307 e. The number of hydrogen-bond donors (Lipinski definition) is 1. The first-order valence-electron chi connectivity index (χ1n) is 10.1. The van der Waals surface area contributed by atoms with Crippen molar-refractivity contribution in [2.75, 3.05) is 17.7 Å². The minimum atomic E-state index is -3.66.